The monoisotopic (exact) mass is 571 g/mol. The highest BCUT2D eigenvalue weighted by atomic mass is 19.3. The minimum Gasteiger partial charge on any atom is -0.390 e. The standard InChI is InChI=1S/C29H39F2N7O3/c1-17(2)38-22(9-12-32-38)27(40)36-26(19-7-10-29(30,31)11-8-19)21-16-37-23(34-21)13-20(15-33-37)25(18-5-6-18)35-24(39)14-28(3,4)41/h9,12-13,15-19,25-26,41H,5-8,10-11,14H2,1-4H3,(H,35,39)(H,36,40)/t25?,26-/m0/s1. The number of hydrogen-bond acceptors (Lipinski definition) is 6. The first-order chi connectivity index (χ1) is 19.3. The van der Waals surface area contributed by atoms with Crippen molar-refractivity contribution < 1.29 is 23.5 Å². The number of hydrogen-bond donors (Lipinski definition) is 3. The van der Waals surface area contributed by atoms with Crippen LogP contribution in [0.4, 0.5) is 8.78 Å². The summed E-state index contributed by atoms with van der Waals surface area (Å²) in [5, 5.41) is 25.0. The van der Waals surface area contributed by atoms with Crippen LogP contribution in [0.3, 0.4) is 0 Å². The number of aromatic nitrogens is 5. The fourth-order valence-electron chi connectivity index (χ4n) is 5.70. The molecule has 1 unspecified atom stereocenters. The smallest absolute Gasteiger partial charge is 0.270 e. The van der Waals surface area contributed by atoms with Crippen molar-refractivity contribution in [2.75, 3.05) is 0 Å². The number of imidazole rings is 1. The summed E-state index contributed by atoms with van der Waals surface area (Å²) in [6.07, 6.45) is 6.97. The van der Waals surface area contributed by atoms with E-state index in [0.717, 1.165) is 18.4 Å². The summed E-state index contributed by atoms with van der Waals surface area (Å²) in [6, 6.07) is 2.63. The Morgan fingerprint density at radius 2 is 1.78 bits per heavy atom. The van der Waals surface area contributed by atoms with Crippen LogP contribution < -0.4 is 10.6 Å². The quantitative estimate of drug-likeness (QED) is 0.328. The topological polar surface area (TPSA) is 126 Å². The molecule has 2 fully saturated rings. The van der Waals surface area contributed by atoms with Crippen molar-refractivity contribution in [1.29, 1.82) is 0 Å². The van der Waals surface area contributed by atoms with Crippen molar-refractivity contribution in [2.45, 2.75) is 102 Å². The van der Waals surface area contributed by atoms with E-state index in [1.807, 2.05) is 19.9 Å². The van der Waals surface area contributed by atoms with Crippen LogP contribution in [0.2, 0.25) is 0 Å². The third kappa shape index (κ3) is 6.91. The molecule has 2 aliphatic rings. The first kappa shape index (κ1) is 29.1. The number of fused-ring (bicyclic) bond motifs is 1. The molecule has 2 atom stereocenters. The van der Waals surface area contributed by atoms with Gasteiger partial charge >= 0.3 is 0 Å². The minimum absolute atomic E-state index is 0.0169. The van der Waals surface area contributed by atoms with E-state index < -0.39 is 17.6 Å². The maximum Gasteiger partial charge on any atom is 0.270 e. The fraction of sp³-hybridized carbons (Fsp3) is 0.621. The average molecular weight is 572 g/mol. The summed E-state index contributed by atoms with van der Waals surface area (Å²) >= 11 is 0. The second kappa shape index (κ2) is 11.1. The molecule has 2 amide bonds. The average Bonchev–Trinajstić information content (AvgIpc) is 3.43. The molecule has 3 aromatic rings. The predicted molar refractivity (Wildman–Crippen MR) is 147 cm³/mol. The summed E-state index contributed by atoms with van der Waals surface area (Å²) in [6.45, 7) is 7.05. The summed E-state index contributed by atoms with van der Waals surface area (Å²) in [7, 11) is 0. The molecular weight excluding hydrogens is 532 g/mol. The van der Waals surface area contributed by atoms with E-state index in [-0.39, 0.29) is 67.8 Å². The molecule has 5 rings (SSSR count). The number of halogens is 2. The highest BCUT2D eigenvalue weighted by molar-refractivity contribution is 5.92. The zero-order valence-electron chi connectivity index (χ0n) is 24.0. The number of amides is 2. The third-order valence-corrected chi connectivity index (χ3v) is 7.95. The van der Waals surface area contributed by atoms with E-state index in [1.54, 1.807) is 47.7 Å². The van der Waals surface area contributed by atoms with Crippen LogP contribution in [-0.2, 0) is 4.79 Å². The lowest BCUT2D eigenvalue weighted by Crippen LogP contribution is -2.38. The lowest BCUT2D eigenvalue weighted by molar-refractivity contribution is -0.125. The van der Waals surface area contributed by atoms with E-state index in [0.29, 0.717) is 17.0 Å². The Labute approximate surface area is 237 Å². The molecule has 0 spiro atoms. The van der Waals surface area contributed by atoms with E-state index >= 15 is 0 Å². The second-order valence-electron chi connectivity index (χ2n) is 12.5. The number of nitrogens with one attached hydrogen (secondary N) is 2. The number of carbonyl (C=O) groups is 2. The van der Waals surface area contributed by atoms with Gasteiger partial charge in [0, 0.05) is 25.1 Å². The van der Waals surface area contributed by atoms with Gasteiger partial charge in [-0.1, -0.05) is 0 Å². The van der Waals surface area contributed by atoms with E-state index in [9.17, 15) is 23.5 Å². The third-order valence-electron chi connectivity index (χ3n) is 7.95. The SMILES string of the molecule is CC(C)n1nccc1C(=O)N[C@H](c1cn2ncc(C(NC(=O)CC(C)(C)O)C3CC3)cc2n1)C1CCC(F)(F)CC1. The summed E-state index contributed by atoms with van der Waals surface area (Å²) in [4.78, 5) is 30.8. The van der Waals surface area contributed by atoms with Crippen molar-refractivity contribution in [1.82, 2.24) is 35.0 Å². The van der Waals surface area contributed by atoms with E-state index in [4.69, 9.17) is 4.98 Å². The van der Waals surface area contributed by atoms with Crippen LogP contribution in [0.1, 0.15) is 113 Å². The van der Waals surface area contributed by atoms with Crippen molar-refractivity contribution in [2.24, 2.45) is 11.8 Å². The van der Waals surface area contributed by atoms with Gasteiger partial charge in [-0.15, -0.1) is 0 Å². The van der Waals surface area contributed by atoms with Gasteiger partial charge in [0.25, 0.3) is 5.91 Å². The van der Waals surface area contributed by atoms with Crippen LogP contribution >= 0.6 is 0 Å². The van der Waals surface area contributed by atoms with Gasteiger partial charge in [-0.3, -0.25) is 14.3 Å². The lowest BCUT2D eigenvalue weighted by Gasteiger charge is -2.33. The highest BCUT2D eigenvalue weighted by Crippen LogP contribution is 2.43. The highest BCUT2D eigenvalue weighted by Gasteiger charge is 2.40. The van der Waals surface area contributed by atoms with Gasteiger partial charge in [-0.05, 0) is 82.9 Å². The van der Waals surface area contributed by atoms with Gasteiger partial charge in [0.15, 0.2) is 5.65 Å². The molecule has 10 nitrogen and oxygen atoms in total. The minimum atomic E-state index is -2.70. The molecular formula is C29H39F2N7O3. The van der Waals surface area contributed by atoms with Gasteiger partial charge in [0.2, 0.25) is 11.8 Å². The van der Waals surface area contributed by atoms with Crippen LogP contribution in [0.15, 0.2) is 30.7 Å². The zero-order valence-corrected chi connectivity index (χ0v) is 24.0. The summed E-state index contributed by atoms with van der Waals surface area (Å²) in [5.41, 5.74) is 1.16. The van der Waals surface area contributed by atoms with Crippen LogP contribution in [0, 0.1) is 11.8 Å². The van der Waals surface area contributed by atoms with Gasteiger partial charge in [-0.25, -0.2) is 18.3 Å². The largest absolute Gasteiger partial charge is 0.390 e. The number of aliphatic hydroxyl groups is 1. The maximum absolute atomic E-state index is 14.0. The maximum atomic E-state index is 14.0. The Hall–Kier alpha value is -3.41. The Morgan fingerprint density at radius 1 is 1.10 bits per heavy atom. The van der Waals surface area contributed by atoms with Crippen LogP contribution in [0.5, 0.6) is 0 Å². The van der Waals surface area contributed by atoms with E-state index in [1.165, 1.54) is 0 Å². The van der Waals surface area contributed by atoms with Gasteiger partial charge in [0.05, 0.1) is 42.2 Å². The molecule has 3 heterocycles. The van der Waals surface area contributed by atoms with Gasteiger partial charge < -0.3 is 15.7 Å². The van der Waals surface area contributed by atoms with Crippen LogP contribution in [0.25, 0.3) is 5.65 Å². The fourth-order valence-corrected chi connectivity index (χ4v) is 5.70. The number of alkyl halides is 2. The molecule has 2 saturated carbocycles. The molecule has 0 radical (unpaired) electrons. The number of rotatable bonds is 10. The zero-order chi connectivity index (χ0) is 29.5. The van der Waals surface area contributed by atoms with Gasteiger partial charge in [-0.2, -0.15) is 10.2 Å². The molecule has 222 valence electrons. The molecule has 3 aromatic heterocycles. The predicted octanol–water partition coefficient (Wildman–Crippen LogP) is 4.53. The summed E-state index contributed by atoms with van der Waals surface area (Å²) < 4.78 is 31.3. The first-order valence-electron chi connectivity index (χ1n) is 14.4. The first-order valence-corrected chi connectivity index (χ1v) is 14.4. The molecule has 3 N–H and O–H groups in total. The molecule has 0 saturated heterocycles. The molecule has 0 aliphatic heterocycles. The Morgan fingerprint density at radius 3 is 2.41 bits per heavy atom. The summed E-state index contributed by atoms with van der Waals surface area (Å²) in [5.74, 6) is -3.23. The molecule has 41 heavy (non-hydrogen) atoms. The van der Waals surface area contributed by atoms with Crippen LogP contribution in [-0.4, -0.2) is 52.8 Å². The normalized spacial score (nSPS) is 19.3. The van der Waals surface area contributed by atoms with Crippen molar-refractivity contribution >= 4 is 17.5 Å². The Balaban J connectivity index is 1.43. The molecule has 2 aliphatic carbocycles. The second-order valence-corrected chi connectivity index (χ2v) is 12.5. The molecule has 0 bridgehead atoms. The van der Waals surface area contributed by atoms with Gasteiger partial charge in [0.1, 0.15) is 5.69 Å². The number of carbonyl (C=O) groups excluding carboxylic acids is 2. The van der Waals surface area contributed by atoms with E-state index in [2.05, 4.69) is 20.8 Å². The Kier molecular flexibility index (Phi) is 7.88. The lowest BCUT2D eigenvalue weighted by atomic mass is 9.81. The van der Waals surface area contributed by atoms with Crippen molar-refractivity contribution in [3.05, 3.63) is 47.7 Å². The number of nitrogens with zero attached hydrogens (tertiary/aromatic N) is 5. The van der Waals surface area contributed by atoms with Crippen molar-refractivity contribution in [3.8, 4) is 0 Å². The van der Waals surface area contributed by atoms with Crippen molar-refractivity contribution in [3.63, 3.8) is 0 Å². The molecule has 0 aromatic carbocycles. The molecule has 12 heteroatoms. The Bertz CT molecular complexity index is 1400.